The monoisotopic (exact) mass is 652 g/mol. The summed E-state index contributed by atoms with van der Waals surface area (Å²) in [6.07, 6.45) is -3.09. The van der Waals surface area contributed by atoms with Crippen molar-refractivity contribution in [1.82, 2.24) is 5.32 Å². The SMILES string of the molecule is CO[C@](C(=O)N[C@](Cc1cccc(Cl)c1)(/C1=C/C=C/CCCC=N1)c1cc(F)cc(C(F)(F)F)c1)(c1ccccc1)C(F)(F)F. The van der Waals surface area contributed by atoms with E-state index < -0.39 is 58.3 Å². The number of benzene rings is 3. The molecule has 2 atom stereocenters. The van der Waals surface area contributed by atoms with Gasteiger partial charge >= 0.3 is 12.4 Å². The molecule has 0 aliphatic carbocycles. The molecule has 0 bridgehead atoms. The van der Waals surface area contributed by atoms with Gasteiger partial charge in [0.05, 0.1) is 11.3 Å². The minimum Gasteiger partial charge on any atom is -0.356 e. The zero-order valence-corrected chi connectivity index (χ0v) is 24.6. The molecule has 0 radical (unpaired) electrons. The van der Waals surface area contributed by atoms with E-state index in [0.717, 1.165) is 18.2 Å². The smallest absolute Gasteiger partial charge is 0.356 e. The van der Waals surface area contributed by atoms with Gasteiger partial charge in [-0.25, -0.2) is 4.39 Å². The zero-order chi connectivity index (χ0) is 32.9. The fourth-order valence-corrected chi connectivity index (χ4v) is 5.43. The summed E-state index contributed by atoms with van der Waals surface area (Å²) >= 11 is 6.21. The second-order valence-corrected chi connectivity index (χ2v) is 10.8. The number of alkyl halides is 6. The van der Waals surface area contributed by atoms with Crippen molar-refractivity contribution in [1.29, 1.82) is 0 Å². The van der Waals surface area contributed by atoms with Crippen LogP contribution in [0, 0.1) is 5.82 Å². The Hall–Kier alpha value is -3.96. The van der Waals surface area contributed by atoms with E-state index in [0.29, 0.717) is 38.0 Å². The van der Waals surface area contributed by atoms with Gasteiger partial charge in [0.15, 0.2) is 0 Å². The van der Waals surface area contributed by atoms with Crippen molar-refractivity contribution in [2.45, 2.75) is 49.2 Å². The second-order valence-electron chi connectivity index (χ2n) is 10.4. The van der Waals surface area contributed by atoms with Crippen molar-refractivity contribution in [2.75, 3.05) is 7.11 Å². The van der Waals surface area contributed by atoms with E-state index in [-0.39, 0.29) is 16.8 Å². The number of hydrogen-bond donors (Lipinski definition) is 1. The average Bonchev–Trinajstić information content (AvgIpc) is 3.11. The molecule has 1 heterocycles. The van der Waals surface area contributed by atoms with Crippen LogP contribution in [0.15, 0.2) is 102 Å². The highest BCUT2D eigenvalue weighted by molar-refractivity contribution is 6.30. The summed E-state index contributed by atoms with van der Waals surface area (Å²) in [5, 5.41) is 2.59. The molecule has 3 aromatic rings. The molecule has 0 saturated heterocycles. The first-order valence-electron chi connectivity index (χ1n) is 13.8. The summed E-state index contributed by atoms with van der Waals surface area (Å²) in [7, 11) is 0.697. The lowest BCUT2D eigenvalue weighted by molar-refractivity contribution is -0.266. The van der Waals surface area contributed by atoms with Crippen molar-refractivity contribution in [3.63, 3.8) is 0 Å². The van der Waals surface area contributed by atoms with Crippen LogP contribution in [-0.2, 0) is 33.3 Å². The lowest BCUT2D eigenvalue weighted by Gasteiger charge is -2.41. The number of methoxy groups -OCH3 is 1. The number of carbonyl (C=O) groups excluding carboxylic acids is 1. The normalized spacial score (nSPS) is 18.7. The molecule has 0 saturated carbocycles. The Labute approximate surface area is 260 Å². The van der Waals surface area contributed by atoms with E-state index in [1.807, 2.05) is 0 Å². The van der Waals surface area contributed by atoms with Crippen LogP contribution in [0.25, 0.3) is 0 Å². The van der Waals surface area contributed by atoms with E-state index in [2.05, 4.69) is 10.3 Å². The van der Waals surface area contributed by atoms with Crippen LogP contribution in [0.4, 0.5) is 30.7 Å². The van der Waals surface area contributed by atoms with Crippen LogP contribution in [0.3, 0.4) is 0 Å². The highest BCUT2D eigenvalue weighted by atomic mass is 35.5. The van der Waals surface area contributed by atoms with E-state index in [9.17, 15) is 18.0 Å². The molecular formula is C33H28ClF7N2O2. The van der Waals surface area contributed by atoms with E-state index in [1.165, 1.54) is 60.8 Å². The molecule has 4 nitrogen and oxygen atoms in total. The van der Waals surface area contributed by atoms with Gasteiger partial charge in [-0.1, -0.05) is 66.2 Å². The van der Waals surface area contributed by atoms with Crippen LogP contribution in [0.5, 0.6) is 0 Å². The highest BCUT2D eigenvalue weighted by Gasteiger charge is 2.64. The number of halogens is 8. The summed E-state index contributed by atoms with van der Waals surface area (Å²) < 4.78 is 107. The molecule has 0 spiro atoms. The van der Waals surface area contributed by atoms with Crippen molar-refractivity contribution >= 4 is 23.7 Å². The quantitative estimate of drug-likeness (QED) is 0.247. The number of ether oxygens (including phenoxy) is 1. The Balaban J connectivity index is 2.10. The number of allylic oxidation sites excluding steroid dienone is 3. The van der Waals surface area contributed by atoms with Crippen LogP contribution < -0.4 is 5.32 Å². The highest BCUT2D eigenvalue weighted by Crippen LogP contribution is 2.45. The zero-order valence-electron chi connectivity index (χ0n) is 23.9. The molecule has 3 aromatic carbocycles. The summed E-state index contributed by atoms with van der Waals surface area (Å²) in [5.41, 5.74) is -8.27. The van der Waals surface area contributed by atoms with Crippen LogP contribution in [-0.4, -0.2) is 25.4 Å². The second kappa shape index (κ2) is 13.6. The fraction of sp³-hybridized carbons (Fsp3) is 0.273. The first kappa shape index (κ1) is 33.9. The number of amides is 1. The third-order valence-electron chi connectivity index (χ3n) is 7.37. The van der Waals surface area contributed by atoms with Gasteiger partial charge in [0.2, 0.25) is 0 Å². The molecule has 0 unspecified atom stereocenters. The van der Waals surface area contributed by atoms with Gasteiger partial charge < -0.3 is 10.1 Å². The third kappa shape index (κ3) is 7.31. The molecular weight excluding hydrogens is 625 g/mol. The minimum atomic E-state index is -5.36. The van der Waals surface area contributed by atoms with E-state index in [1.54, 1.807) is 6.08 Å². The van der Waals surface area contributed by atoms with Crippen LogP contribution in [0.1, 0.15) is 41.5 Å². The van der Waals surface area contributed by atoms with Crippen LogP contribution >= 0.6 is 11.6 Å². The Morgan fingerprint density at radius 1 is 0.911 bits per heavy atom. The predicted octanol–water partition coefficient (Wildman–Crippen LogP) is 8.85. The summed E-state index contributed by atoms with van der Waals surface area (Å²) in [6.45, 7) is 0. The number of rotatable bonds is 8. The maximum absolute atomic E-state index is 15.1. The molecule has 0 fully saturated rings. The molecule has 1 aliphatic heterocycles. The van der Waals surface area contributed by atoms with Crippen molar-refractivity contribution < 1.29 is 40.3 Å². The Morgan fingerprint density at radius 3 is 2.27 bits per heavy atom. The largest absolute Gasteiger partial charge is 0.430 e. The van der Waals surface area contributed by atoms with Gasteiger partial charge in [-0.3, -0.25) is 9.79 Å². The first-order chi connectivity index (χ1) is 21.2. The maximum Gasteiger partial charge on any atom is 0.430 e. The van der Waals surface area contributed by atoms with E-state index >= 15 is 17.6 Å². The van der Waals surface area contributed by atoms with Crippen molar-refractivity contribution in [2.24, 2.45) is 4.99 Å². The molecule has 4 rings (SSSR count). The van der Waals surface area contributed by atoms with Gasteiger partial charge in [0, 0.05) is 30.3 Å². The molecule has 0 aromatic heterocycles. The number of carbonyl (C=O) groups is 1. The van der Waals surface area contributed by atoms with Gasteiger partial charge in [-0.15, -0.1) is 0 Å². The number of nitrogens with zero attached hydrogens (tertiary/aromatic N) is 1. The van der Waals surface area contributed by atoms with Crippen molar-refractivity contribution in [3.05, 3.63) is 130 Å². The predicted molar refractivity (Wildman–Crippen MR) is 157 cm³/mol. The summed E-state index contributed by atoms with van der Waals surface area (Å²) in [6, 6.07) is 13.7. The van der Waals surface area contributed by atoms with Crippen LogP contribution in [0.2, 0.25) is 5.02 Å². The van der Waals surface area contributed by atoms with Gasteiger partial charge in [-0.05, 0) is 66.8 Å². The van der Waals surface area contributed by atoms with Gasteiger partial charge in [0.25, 0.3) is 11.5 Å². The average molecular weight is 653 g/mol. The Morgan fingerprint density at radius 2 is 1.62 bits per heavy atom. The number of hydrogen-bond acceptors (Lipinski definition) is 3. The maximum atomic E-state index is 15.1. The molecule has 1 amide bonds. The summed E-state index contributed by atoms with van der Waals surface area (Å²) in [4.78, 5) is 18.7. The summed E-state index contributed by atoms with van der Waals surface area (Å²) in [5.74, 6) is -3.09. The Kier molecular flexibility index (Phi) is 10.2. The van der Waals surface area contributed by atoms with E-state index in [4.69, 9.17) is 16.3 Å². The minimum absolute atomic E-state index is 0.145. The van der Waals surface area contributed by atoms with Crippen molar-refractivity contribution in [3.8, 4) is 0 Å². The molecule has 238 valence electrons. The fourth-order valence-electron chi connectivity index (χ4n) is 5.22. The van der Waals surface area contributed by atoms with Gasteiger partial charge in [-0.2, -0.15) is 26.3 Å². The topological polar surface area (TPSA) is 50.7 Å². The van der Waals surface area contributed by atoms with Gasteiger partial charge in [0.1, 0.15) is 11.4 Å². The lowest BCUT2D eigenvalue weighted by atomic mass is 9.78. The number of aliphatic imine (C=N–C) groups is 1. The molecule has 1 aliphatic rings. The third-order valence-corrected chi connectivity index (χ3v) is 7.61. The molecule has 1 N–H and O–H groups in total. The Bertz CT molecular complexity index is 1600. The molecule has 12 heteroatoms. The lowest BCUT2D eigenvalue weighted by Crippen LogP contribution is -2.61. The number of nitrogens with one attached hydrogen (secondary N) is 1. The standard InChI is InChI=1S/C33H28ClF7N2O2/c1-45-31(33(39,40)41,23-12-6-5-7-13-23)29(44)43-30(21-22-11-10-14-26(34)17-22,28-15-8-3-2-4-9-16-42-28)24-18-25(32(36,37)38)20-27(35)19-24/h3,5-8,10-20H,2,4,9,21H2,1H3,(H,43,44)/b8-3+,28-15-,42-16?/t30-,31-/m0/s1. The first-order valence-corrected chi connectivity index (χ1v) is 14.1. The molecule has 45 heavy (non-hydrogen) atoms.